The van der Waals surface area contributed by atoms with Crippen molar-refractivity contribution in [1.29, 1.82) is 0 Å². The van der Waals surface area contributed by atoms with Crippen LogP contribution >= 0.6 is 11.3 Å². The number of aliphatic hydroxyl groups is 1. The summed E-state index contributed by atoms with van der Waals surface area (Å²) >= 11 is 1.29. The number of alkyl halides is 2. The van der Waals surface area contributed by atoms with Crippen LogP contribution in [0, 0.1) is 12.7 Å². The van der Waals surface area contributed by atoms with Gasteiger partial charge in [-0.15, -0.1) is 11.3 Å². The van der Waals surface area contributed by atoms with Crippen molar-refractivity contribution in [3.63, 3.8) is 0 Å². The van der Waals surface area contributed by atoms with E-state index in [0.717, 1.165) is 0 Å². The third kappa shape index (κ3) is 5.57. The van der Waals surface area contributed by atoms with E-state index in [9.17, 15) is 18.3 Å². The predicted octanol–water partition coefficient (Wildman–Crippen LogP) is 5.44. The number of thiazole rings is 1. The zero-order valence-corrected chi connectivity index (χ0v) is 19.9. The van der Waals surface area contributed by atoms with Crippen LogP contribution < -0.4 is 10.5 Å². The number of aromatic nitrogens is 4. The van der Waals surface area contributed by atoms with Crippen molar-refractivity contribution in [2.24, 2.45) is 0 Å². The van der Waals surface area contributed by atoms with Gasteiger partial charge in [0.05, 0.1) is 17.0 Å². The van der Waals surface area contributed by atoms with Crippen LogP contribution in [0.3, 0.4) is 0 Å². The molecule has 3 aromatic heterocycles. The van der Waals surface area contributed by atoms with E-state index in [1.165, 1.54) is 41.7 Å². The van der Waals surface area contributed by atoms with Gasteiger partial charge in [0.2, 0.25) is 11.8 Å². The second-order valence-electron chi connectivity index (χ2n) is 8.31. The SMILES string of the molecule is Cc1cc(-c2c(OCc3nc(C(C)(C)O)cs3)nc(N)nc2-c2ccc(F)cc2)cc(C(F)F)n1. The van der Waals surface area contributed by atoms with Crippen LogP contribution in [0.2, 0.25) is 0 Å². The Morgan fingerprint density at radius 3 is 2.40 bits per heavy atom. The van der Waals surface area contributed by atoms with Crippen LogP contribution in [-0.2, 0) is 12.2 Å². The fourth-order valence-electron chi connectivity index (χ4n) is 3.38. The van der Waals surface area contributed by atoms with Crippen molar-refractivity contribution in [1.82, 2.24) is 19.9 Å². The smallest absolute Gasteiger partial charge is 0.280 e. The van der Waals surface area contributed by atoms with Crippen molar-refractivity contribution in [2.75, 3.05) is 5.73 Å². The van der Waals surface area contributed by atoms with Crippen molar-refractivity contribution < 1.29 is 23.0 Å². The van der Waals surface area contributed by atoms with Gasteiger partial charge in [-0.05, 0) is 62.7 Å². The van der Waals surface area contributed by atoms with Gasteiger partial charge in [0, 0.05) is 16.6 Å². The molecule has 4 rings (SSSR count). The molecule has 0 bridgehead atoms. The first-order valence-corrected chi connectivity index (χ1v) is 11.4. The second kappa shape index (κ2) is 9.59. The standard InChI is InChI=1S/C24H22F3N5O2S/c1-12-8-14(9-16(29-12)21(26)27)19-20(13-4-6-15(25)7-5-13)31-23(28)32-22(19)34-10-18-30-17(11-35-18)24(2,3)33/h4-9,11,21,33H,10H2,1-3H3,(H2,28,31,32). The molecule has 182 valence electrons. The maximum atomic E-state index is 13.6. The van der Waals surface area contributed by atoms with Crippen molar-refractivity contribution in [3.8, 4) is 28.3 Å². The molecule has 0 radical (unpaired) electrons. The minimum absolute atomic E-state index is 0.0151. The fraction of sp³-hybridized carbons (Fsp3) is 0.250. The van der Waals surface area contributed by atoms with Crippen LogP contribution in [0.5, 0.6) is 5.88 Å². The Bertz CT molecular complexity index is 1350. The summed E-state index contributed by atoms with van der Waals surface area (Å²) in [6.45, 7) is 4.83. The lowest BCUT2D eigenvalue weighted by Crippen LogP contribution is -2.16. The number of halogens is 3. The van der Waals surface area contributed by atoms with Gasteiger partial charge < -0.3 is 15.6 Å². The number of pyridine rings is 1. The Hall–Kier alpha value is -3.57. The van der Waals surface area contributed by atoms with Crippen LogP contribution in [0.1, 0.15) is 42.4 Å². The highest BCUT2D eigenvalue weighted by molar-refractivity contribution is 7.09. The number of nitrogens with zero attached hydrogens (tertiary/aromatic N) is 4. The summed E-state index contributed by atoms with van der Waals surface area (Å²) in [5.41, 5.74) is 6.70. The molecule has 7 nitrogen and oxygen atoms in total. The molecule has 0 saturated heterocycles. The lowest BCUT2D eigenvalue weighted by Gasteiger charge is -2.16. The van der Waals surface area contributed by atoms with E-state index in [4.69, 9.17) is 10.5 Å². The largest absolute Gasteiger partial charge is 0.470 e. The third-order valence-corrected chi connectivity index (χ3v) is 5.83. The minimum atomic E-state index is -2.79. The van der Waals surface area contributed by atoms with E-state index in [-0.39, 0.29) is 24.1 Å². The van der Waals surface area contributed by atoms with E-state index in [1.807, 2.05) is 0 Å². The minimum Gasteiger partial charge on any atom is -0.470 e. The first-order chi connectivity index (χ1) is 16.5. The molecule has 0 fully saturated rings. The van der Waals surface area contributed by atoms with Gasteiger partial charge in [-0.25, -0.2) is 23.1 Å². The molecule has 0 aliphatic heterocycles. The molecule has 35 heavy (non-hydrogen) atoms. The number of benzene rings is 1. The number of rotatable bonds is 7. The van der Waals surface area contributed by atoms with Gasteiger partial charge in [0.1, 0.15) is 28.7 Å². The topological polar surface area (TPSA) is 107 Å². The molecule has 0 aliphatic rings. The average molecular weight is 502 g/mol. The van der Waals surface area contributed by atoms with E-state index < -0.39 is 23.5 Å². The fourth-order valence-corrected chi connectivity index (χ4v) is 4.24. The lowest BCUT2D eigenvalue weighted by atomic mass is 9.99. The molecule has 0 aliphatic carbocycles. The zero-order chi connectivity index (χ0) is 25.3. The molecule has 0 atom stereocenters. The molecular formula is C24H22F3N5O2S. The molecule has 0 saturated carbocycles. The summed E-state index contributed by atoms with van der Waals surface area (Å²) in [6.07, 6.45) is -2.79. The van der Waals surface area contributed by atoms with Crippen molar-refractivity contribution in [3.05, 3.63) is 69.7 Å². The van der Waals surface area contributed by atoms with Crippen LogP contribution in [0.4, 0.5) is 19.1 Å². The van der Waals surface area contributed by atoms with Gasteiger partial charge >= 0.3 is 0 Å². The van der Waals surface area contributed by atoms with E-state index in [0.29, 0.717) is 33.1 Å². The first kappa shape index (κ1) is 24.6. The van der Waals surface area contributed by atoms with E-state index in [2.05, 4.69) is 19.9 Å². The Morgan fingerprint density at radius 2 is 1.77 bits per heavy atom. The summed E-state index contributed by atoms with van der Waals surface area (Å²) in [7, 11) is 0. The number of hydrogen-bond acceptors (Lipinski definition) is 8. The summed E-state index contributed by atoms with van der Waals surface area (Å²) in [4.78, 5) is 16.8. The Labute approximate surface area is 203 Å². The summed E-state index contributed by atoms with van der Waals surface area (Å²) in [5, 5.41) is 12.5. The molecule has 0 amide bonds. The Kier molecular flexibility index (Phi) is 6.73. The molecule has 11 heteroatoms. The quantitative estimate of drug-likeness (QED) is 0.347. The summed E-state index contributed by atoms with van der Waals surface area (Å²) in [6, 6.07) is 8.37. The Morgan fingerprint density at radius 1 is 1.06 bits per heavy atom. The van der Waals surface area contributed by atoms with Crippen LogP contribution in [0.25, 0.3) is 22.4 Å². The van der Waals surface area contributed by atoms with Crippen molar-refractivity contribution in [2.45, 2.75) is 39.4 Å². The van der Waals surface area contributed by atoms with E-state index in [1.54, 1.807) is 32.2 Å². The molecule has 4 aromatic rings. The Balaban J connectivity index is 1.84. The lowest BCUT2D eigenvalue weighted by molar-refractivity contribution is 0.0742. The number of aryl methyl sites for hydroxylation is 1. The van der Waals surface area contributed by atoms with E-state index >= 15 is 0 Å². The highest BCUT2D eigenvalue weighted by Gasteiger charge is 2.23. The number of hydrogen-bond donors (Lipinski definition) is 2. The molecule has 3 heterocycles. The molecular weight excluding hydrogens is 479 g/mol. The second-order valence-corrected chi connectivity index (χ2v) is 9.26. The summed E-state index contributed by atoms with van der Waals surface area (Å²) < 4.78 is 46.6. The normalized spacial score (nSPS) is 11.8. The van der Waals surface area contributed by atoms with Crippen molar-refractivity contribution >= 4 is 17.3 Å². The first-order valence-electron chi connectivity index (χ1n) is 10.5. The van der Waals surface area contributed by atoms with Gasteiger partial charge in [-0.2, -0.15) is 4.98 Å². The highest BCUT2D eigenvalue weighted by Crippen LogP contribution is 2.39. The molecule has 3 N–H and O–H groups in total. The zero-order valence-electron chi connectivity index (χ0n) is 19.1. The highest BCUT2D eigenvalue weighted by atomic mass is 32.1. The van der Waals surface area contributed by atoms with Gasteiger partial charge in [0.25, 0.3) is 6.43 Å². The van der Waals surface area contributed by atoms with Crippen LogP contribution in [-0.4, -0.2) is 25.0 Å². The average Bonchev–Trinajstić information content (AvgIpc) is 3.27. The number of nitrogen functional groups attached to an aromatic ring is 1. The maximum absolute atomic E-state index is 13.6. The summed E-state index contributed by atoms with van der Waals surface area (Å²) in [5.74, 6) is -0.512. The van der Waals surface area contributed by atoms with Gasteiger partial charge in [-0.3, -0.25) is 4.98 Å². The number of nitrogens with two attached hydrogens (primary N) is 1. The molecule has 0 spiro atoms. The van der Waals surface area contributed by atoms with Gasteiger partial charge in [0.15, 0.2) is 0 Å². The monoisotopic (exact) mass is 501 g/mol. The molecule has 1 aromatic carbocycles. The number of ether oxygens (including phenoxy) is 1. The third-order valence-electron chi connectivity index (χ3n) is 5.01. The number of anilines is 1. The molecule has 0 unspecified atom stereocenters. The maximum Gasteiger partial charge on any atom is 0.280 e. The van der Waals surface area contributed by atoms with Gasteiger partial charge in [-0.1, -0.05) is 0 Å². The predicted molar refractivity (Wildman–Crippen MR) is 126 cm³/mol. The van der Waals surface area contributed by atoms with Crippen LogP contribution in [0.15, 0.2) is 41.8 Å².